The highest BCUT2D eigenvalue weighted by atomic mass is 35.5. The predicted octanol–water partition coefficient (Wildman–Crippen LogP) is 2.08. The van der Waals surface area contributed by atoms with Crippen LogP contribution in [0.25, 0.3) is 0 Å². The van der Waals surface area contributed by atoms with E-state index in [-0.39, 0.29) is 17.1 Å². The van der Waals surface area contributed by atoms with Gasteiger partial charge in [0.1, 0.15) is 11.6 Å². The van der Waals surface area contributed by atoms with Crippen molar-refractivity contribution in [3.63, 3.8) is 0 Å². The molecule has 0 spiro atoms. The largest absolute Gasteiger partial charge is 0.326 e. The molecule has 0 aliphatic carbocycles. The maximum atomic E-state index is 12.8. The first-order valence-electron chi connectivity index (χ1n) is 2.99. The van der Waals surface area contributed by atoms with Crippen LogP contribution in [0.4, 0.5) is 8.78 Å². The van der Waals surface area contributed by atoms with Crippen molar-refractivity contribution in [3.8, 4) is 0 Å². The first-order chi connectivity index (χ1) is 5.16. The summed E-state index contributed by atoms with van der Waals surface area (Å²) >= 11 is 5.37. The van der Waals surface area contributed by atoms with Gasteiger partial charge in [0, 0.05) is 12.1 Å². The molecule has 11 heavy (non-hydrogen) atoms. The first-order valence-corrected chi connectivity index (χ1v) is 3.37. The minimum absolute atomic E-state index is 0.105. The van der Waals surface area contributed by atoms with Crippen LogP contribution in [0.15, 0.2) is 12.1 Å². The van der Waals surface area contributed by atoms with Crippen LogP contribution in [0.5, 0.6) is 0 Å². The van der Waals surface area contributed by atoms with Crippen LogP contribution in [0.1, 0.15) is 5.56 Å². The maximum absolute atomic E-state index is 12.8. The van der Waals surface area contributed by atoms with Gasteiger partial charge in [-0.25, -0.2) is 8.78 Å². The molecule has 0 aliphatic heterocycles. The van der Waals surface area contributed by atoms with Crippen LogP contribution in [0, 0.1) is 11.6 Å². The minimum Gasteiger partial charge on any atom is -0.326 e. The standard InChI is InChI=1S/C7H6ClF2N/c8-5-1-2-6(9)4(3-11)7(5)10/h1-2H,3,11H2. The summed E-state index contributed by atoms with van der Waals surface area (Å²) in [5.41, 5.74) is 4.91. The zero-order chi connectivity index (χ0) is 8.43. The lowest BCUT2D eigenvalue weighted by Gasteiger charge is -2.01. The highest BCUT2D eigenvalue weighted by molar-refractivity contribution is 6.30. The molecular weight excluding hydrogens is 172 g/mol. The molecule has 1 rings (SSSR count). The van der Waals surface area contributed by atoms with Gasteiger partial charge < -0.3 is 5.73 Å². The molecule has 0 unspecified atom stereocenters. The molecule has 0 aromatic heterocycles. The SMILES string of the molecule is NCc1c(F)ccc(Cl)c1F. The van der Waals surface area contributed by atoms with E-state index in [9.17, 15) is 8.78 Å². The van der Waals surface area contributed by atoms with Gasteiger partial charge in [-0.05, 0) is 12.1 Å². The summed E-state index contributed by atoms with van der Waals surface area (Å²) in [6.07, 6.45) is 0. The first kappa shape index (κ1) is 8.43. The summed E-state index contributed by atoms with van der Waals surface area (Å²) in [7, 11) is 0. The van der Waals surface area contributed by atoms with E-state index in [0.29, 0.717) is 0 Å². The molecule has 0 radical (unpaired) electrons. The van der Waals surface area contributed by atoms with Crippen molar-refractivity contribution in [2.45, 2.75) is 6.54 Å². The van der Waals surface area contributed by atoms with E-state index in [1.54, 1.807) is 0 Å². The predicted molar refractivity (Wildman–Crippen MR) is 39.3 cm³/mol. The second kappa shape index (κ2) is 3.15. The highest BCUT2D eigenvalue weighted by Crippen LogP contribution is 2.20. The summed E-state index contributed by atoms with van der Waals surface area (Å²) in [5, 5.41) is -0.105. The van der Waals surface area contributed by atoms with Gasteiger partial charge in [0.15, 0.2) is 0 Å². The highest BCUT2D eigenvalue weighted by Gasteiger charge is 2.09. The van der Waals surface area contributed by atoms with Gasteiger partial charge in [-0.1, -0.05) is 11.6 Å². The maximum Gasteiger partial charge on any atom is 0.149 e. The molecule has 0 saturated heterocycles. The Balaban J connectivity index is 3.29. The summed E-state index contributed by atoms with van der Waals surface area (Å²) in [6.45, 7) is -0.182. The molecule has 0 fully saturated rings. The lowest BCUT2D eigenvalue weighted by atomic mass is 10.2. The van der Waals surface area contributed by atoms with E-state index in [1.807, 2.05) is 0 Å². The van der Waals surface area contributed by atoms with E-state index in [2.05, 4.69) is 0 Å². The number of rotatable bonds is 1. The number of halogens is 3. The molecule has 4 heteroatoms. The zero-order valence-corrected chi connectivity index (χ0v) is 6.33. The molecule has 1 aromatic carbocycles. The van der Waals surface area contributed by atoms with Gasteiger partial charge in [-0.15, -0.1) is 0 Å². The van der Waals surface area contributed by atoms with Crippen molar-refractivity contribution in [2.75, 3.05) is 0 Å². The Morgan fingerprint density at radius 1 is 1.36 bits per heavy atom. The summed E-state index contributed by atoms with van der Waals surface area (Å²) in [4.78, 5) is 0. The van der Waals surface area contributed by atoms with E-state index >= 15 is 0 Å². The molecule has 0 amide bonds. The molecular formula is C7H6ClF2N. The number of hydrogen-bond acceptors (Lipinski definition) is 1. The van der Waals surface area contributed by atoms with Crippen molar-refractivity contribution >= 4 is 11.6 Å². The van der Waals surface area contributed by atoms with Crippen LogP contribution in [0.3, 0.4) is 0 Å². The van der Waals surface area contributed by atoms with E-state index in [1.165, 1.54) is 0 Å². The number of hydrogen-bond donors (Lipinski definition) is 1. The van der Waals surface area contributed by atoms with Crippen molar-refractivity contribution in [1.29, 1.82) is 0 Å². The molecule has 0 aliphatic rings. The van der Waals surface area contributed by atoms with Gasteiger partial charge in [0.25, 0.3) is 0 Å². The number of nitrogens with two attached hydrogens (primary N) is 1. The van der Waals surface area contributed by atoms with Gasteiger partial charge >= 0.3 is 0 Å². The summed E-state index contributed by atoms with van der Waals surface area (Å²) < 4.78 is 25.5. The molecule has 0 bridgehead atoms. The molecule has 2 N–H and O–H groups in total. The van der Waals surface area contributed by atoms with Gasteiger partial charge in [0.05, 0.1) is 5.02 Å². The summed E-state index contributed by atoms with van der Waals surface area (Å²) in [5.74, 6) is -1.43. The van der Waals surface area contributed by atoms with Crippen LogP contribution in [-0.4, -0.2) is 0 Å². The smallest absolute Gasteiger partial charge is 0.149 e. The Kier molecular flexibility index (Phi) is 2.42. The quantitative estimate of drug-likeness (QED) is 0.653. The molecule has 60 valence electrons. The average molecular weight is 178 g/mol. The molecule has 1 aromatic rings. The zero-order valence-electron chi connectivity index (χ0n) is 5.57. The Hall–Kier alpha value is -0.670. The minimum atomic E-state index is -0.769. The Bertz CT molecular complexity index is 275. The fourth-order valence-corrected chi connectivity index (χ4v) is 0.933. The van der Waals surface area contributed by atoms with Crippen molar-refractivity contribution in [1.82, 2.24) is 0 Å². The van der Waals surface area contributed by atoms with E-state index in [0.717, 1.165) is 12.1 Å². The molecule has 1 nitrogen and oxygen atoms in total. The summed E-state index contributed by atoms with van der Waals surface area (Å²) in [6, 6.07) is 2.25. The Morgan fingerprint density at radius 2 is 2.00 bits per heavy atom. The van der Waals surface area contributed by atoms with Crippen molar-refractivity contribution < 1.29 is 8.78 Å². The third-order valence-corrected chi connectivity index (χ3v) is 1.63. The average Bonchev–Trinajstić information content (AvgIpc) is 1.99. The van der Waals surface area contributed by atoms with Crippen LogP contribution in [-0.2, 0) is 6.54 Å². The molecule has 0 heterocycles. The van der Waals surface area contributed by atoms with Crippen molar-refractivity contribution in [2.24, 2.45) is 5.73 Å². The molecule has 0 atom stereocenters. The van der Waals surface area contributed by atoms with E-state index in [4.69, 9.17) is 17.3 Å². The van der Waals surface area contributed by atoms with Gasteiger partial charge in [-0.3, -0.25) is 0 Å². The van der Waals surface area contributed by atoms with Crippen LogP contribution >= 0.6 is 11.6 Å². The van der Waals surface area contributed by atoms with E-state index < -0.39 is 11.6 Å². The number of benzene rings is 1. The van der Waals surface area contributed by atoms with Gasteiger partial charge in [0.2, 0.25) is 0 Å². The van der Waals surface area contributed by atoms with Crippen molar-refractivity contribution in [3.05, 3.63) is 34.4 Å². The second-order valence-corrected chi connectivity index (χ2v) is 2.43. The Labute approximate surface area is 67.8 Å². The van der Waals surface area contributed by atoms with Gasteiger partial charge in [-0.2, -0.15) is 0 Å². The van der Waals surface area contributed by atoms with Crippen LogP contribution in [0.2, 0.25) is 5.02 Å². The monoisotopic (exact) mass is 177 g/mol. The fraction of sp³-hybridized carbons (Fsp3) is 0.143. The normalized spacial score (nSPS) is 10.2. The fourth-order valence-electron chi connectivity index (χ4n) is 0.756. The lowest BCUT2D eigenvalue weighted by Crippen LogP contribution is -2.03. The lowest BCUT2D eigenvalue weighted by molar-refractivity contribution is 0.557. The third-order valence-electron chi connectivity index (χ3n) is 1.34. The third kappa shape index (κ3) is 1.49. The Morgan fingerprint density at radius 3 is 2.45 bits per heavy atom. The van der Waals surface area contributed by atoms with Crippen LogP contribution < -0.4 is 5.73 Å². The topological polar surface area (TPSA) is 26.0 Å². The molecule has 0 saturated carbocycles. The second-order valence-electron chi connectivity index (χ2n) is 2.03.